The molecule has 1 aromatic carbocycles. The van der Waals surface area contributed by atoms with Crippen LogP contribution in [0, 0.1) is 0 Å². The molecule has 2 aromatic rings. The number of benzene rings is 1. The molecular weight excluding hydrogens is 380 g/mol. The van der Waals surface area contributed by atoms with Crippen molar-refractivity contribution in [1.29, 1.82) is 0 Å². The van der Waals surface area contributed by atoms with Gasteiger partial charge in [-0.15, -0.1) is 10.2 Å². The molecule has 0 saturated carbocycles. The van der Waals surface area contributed by atoms with E-state index in [2.05, 4.69) is 30.6 Å². The molecule has 2 rings (SSSR count). The molecule has 0 aliphatic carbocycles. The Balaban J connectivity index is 2.04. The average molecular weight is 402 g/mol. The van der Waals surface area contributed by atoms with Gasteiger partial charge in [0.25, 0.3) is 0 Å². The van der Waals surface area contributed by atoms with Gasteiger partial charge in [-0.2, -0.15) is 0 Å². The van der Waals surface area contributed by atoms with Crippen molar-refractivity contribution in [3.8, 4) is 5.75 Å². The van der Waals surface area contributed by atoms with E-state index in [1.165, 1.54) is 0 Å². The molecule has 1 aromatic heterocycles. The Hall–Kier alpha value is -3.73. The number of ether oxygens (including phenoxy) is 3. The number of aromatic nitrogens is 1. The van der Waals surface area contributed by atoms with Crippen molar-refractivity contribution in [2.75, 3.05) is 38.0 Å². The van der Waals surface area contributed by atoms with Gasteiger partial charge in [0, 0.05) is 0 Å². The first-order valence-electron chi connectivity index (χ1n) is 8.67. The van der Waals surface area contributed by atoms with E-state index in [9.17, 15) is 9.59 Å². The second-order valence-corrected chi connectivity index (χ2v) is 5.44. The number of pyridine rings is 1. The molecule has 1 amide bonds. The number of azo groups is 1. The number of rotatable bonds is 9. The van der Waals surface area contributed by atoms with E-state index in [4.69, 9.17) is 15.2 Å². The summed E-state index contributed by atoms with van der Waals surface area (Å²) in [5.74, 6) is 0.509. The van der Waals surface area contributed by atoms with Gasteiger partial charge in [0.1, 0.15) is 17.2 Å². The van der Waals surface area contributed by atoms with Crippen LogP contribution in [0.5, 0.6) is 5.75 Å². The summed E-state index contributed by atoms with van der Waals surface area (Å²) in [6, 6.07) is 9.93. The van der Waals surface area contributed by atoms with Crippen LogP contribution in [0.15, 0.2) is 46.6 Å². The molecule has 0 bridgehead atoms. The molecule has 11 heteroatoms. The maximum absolute atomic E-state index is 11.6. The fourth-order valence-electron chi connectivity index (χ4n) is 2.04. The Kier molecular flexibility index (Phi) is 8.32. The zero-order valence-electron chi connectivity index (χ0n) is 16.0. The van der Waals surface area contributed by atoms with E-state index in [-0.39, 0.29) is 31.7 Å². The van der Waals surface area contributed by atoms with E-state index in [1.807, 2.05) is 0 Å². The van der Waals surface area contributed by atoms with E-state index in [0.717, 1.165) is 0 Å². The highest BCUT2D eigenvalue weighted by molar-refractivity contribution is 5.91. The molecular formula is C18H22N6O5. The van der Waals surface area contributed by atoms with Crippen LogP contribution in [0.3, 0.4) is 0 Å². The molecule has 1 heterocycles. The molecule has 0 aliphatic rings. The van der Waals surface area contributed by atoms with Crippen LogP contribution in [0.25, 0.3) is 0 Å². The smallest absolute Gasteiger partial charge is 0.455 e. The van der Waals surface area contributed by atoms with E-state index in [1.54, 1.807) is 50.4 Å². The van der Waals surface area contributed by atoms with Crippen molar-refractivity contribution >= 4 is 35.1 Å². The number of hydrogen-bond donors (Lipinski definition) is 3. The fraction of sp³-hybridized carbons (Fsp3) is 0.278. The van der Waals surface area contributed by atoms with Crippen LogP contribution in [0.2, 0.25) is 0 Å². The summed E-state index contributed by atoms with van der Waals surface area (Å²) in [5.41, 5.74) is 6.59. The Morgan fingerprint density at radius 3 is 2.59 bits per heavy atom. The predicted octanol–water partition coefficient (Wildman–Crippen LogP) is 2.75. The predicted molar refractivity (Wildman–Crippen MR) is 105 cm³/mol. The van der Waals surface area contributed by atoms with Crippen LogP contribution in [0.1, 0.15) is 6.92 Å². The number of amides is 1. The van der Waals surface area contributed by atoms with Crippen molar-refractivity contribution in [1.82, 2.24) is 10.3 Å². The van der Waals surface area contributed by atoms with Crippen LogP contribution >= 0.6 is 0 Å². The van der Waals surface area contributed by atoms with Crippen LogP contribution < -0.4 is 21.1 Å². The Morgan fingerprint density at radius 2 is 1.86 bits per heavy atom. The number of nitrogens with zero attached hydrogens (tertiary/aromatic N) is 3. The number of carbonyl (C=O) groups excluding carboxylic acids is 2. The summed E-state index contributed by atoms with van der Waals surface area (Å²) in [4.78, 5) is 26.8. The lowest BCUT2D eigenvalue weighted by molar-refractivity contribution is -0.115. The summed E-state index contributed by atoms with van der Waals surface area (Å²) in [5, 5.41) is 13.5. The number of likely N-dealkylation sites (N-methyl/N-ethyl adjacent to an activating group) is 1. The summed E-state index contributed by atoms with van der Waals surface area (Å²) in [6.07, 6.45) is -0.827. The number of carbonyl (C=O) groups is 2. The first-order chi connectivity index (χ1) is 14.0. The highest BCUT2D eigenvalue weighted by Gasteiger charge is 2.08. The fourth-order valence-corrected chi connectivity index (χ4v) is 2.04. The van der Waals surface area contributed by atoms with E-state index >= 15 is 0 Å². The zero-order valence-corrected chi connectivity index (χ0v) is 16.0. The molecule has 0 saturated heterocycles. The van der Waals surface area contributed by atoms with Gasteiger partial charge in [0.2, 0.25) is 12.7 Å². The van der Waals surface area contributed by atoms with Crippen molar-refractivity contribution in [2.24, 2.45) is 10.2 Å². The average Bonchev–Trinajstić information content (AvgIpc) is 2.68. The molecule has 0 spiro atoms. The second-order valence-electron chi connectivity index (χ2n) is 5.44. The molecule has 29 heavy (non-hydrogen) atoms. The lowest BCUT2D eigenvalue weighted by Crippen LogP contribution is -2.25. The van der Waals surface area contributed by atoms with Gasteiger partial charge in [-0.1, -0.05) is 12.1 Å². The van der Waals surface area contributed by atoms with Gasteiger partial charge in [-0.3, -0.25) is 4.79 Å². The maximum Gasteiger partial charge on any atom is 0.511 e. The third-order valence-corrected chi connectivity index (χ3v) is 3.29. The molecule has 0 atom stereocenters. The number of nitrogens with two attached hydrogens (primary N) is 1. The topological polar surface area (TPSA) is 150 Å². The van der Waals surface area contributed by atoms with Crippen molar-refractivity contribution in [3.05, 3.63) is 36.4 Å². The Morgan fingerprint density at radius 1 is 1.10 bits per heavy atom. The summed E-state index contributed by atoms with van der Waals surface area (Å²) in [6.45, 7) is 1.69. The number of para-hydroxylation sites is 1. The quantitative estimate of drug-likeness (QED) is 0.329. The summed E-state index contributed by atoms with van der Waals surface area (Å²) < 4.78 is 14.8. The number of nitrogens with one attached hydrogen (secondary N) is 2. The molecule has 0 radical (unpaired) electrons. The van der Waals surface area contributed by atoms with Crippen molar-refractivity contribution in [2.45, 2.75) is 6.92 Å². The molecule has 4 N–H and O–H groups in total. The van der Waals surface area contributed by atoms with E-state index < -0.39 is 6.16 Å². The van der Waals surface area contributed by atoms with Crippen LogP contribution in [-0.4, -0.2) is 44.0 Å². The van der Waals surface area contributed by atoms with Crippen LogP contribution in [0.4, 0.5) is 27.8 Å². The standard InChI is InChI=1S/C18H22N6O5/c1-3-27-18(26)29-11-28-14-7-5-4-6-12(14)23-24-13-8-9-15(22-17(13)19)21-16(25)10-20-2/h4-9,20H,3,10-11H2,1-2H3,(H3,19,21,22,25). The van der Waals surface area contributed by atoms with Gasteiger partial charge in [-0.05, 0) is 38.2 Å². The van der Waals surface area contributed by atoms with Crippen molar-refractivity contribution in [3.63, 3.8) is 0 Å². The van der Waals surface area contributed by atoms with Crippen molar-refractivity contribution < 1.29 is 23.8 Å². The third kappa shape index (κ3) is 7.07. The lowest BCUT2D eigenvalue weighted by Gasteiger charge is -2.09. The third-order valence-electron chi connectivity index (χ3n) is 3.29. The number of anilines is 2. The minimum Gasteiger partial charge on any atom is -0.455 e. The summed E-state index contributed by atoms with van der Waals surface area (Å²) >= 11 is 0. The second kappa shape index (κ2) is 11.2. The largest absolute Gasteiger partial charge is 0.511 e. The Labute approximate surface area is 167 Å². The normalized spacial score (nSPS) is 10.6. The van der Waals surface area contributed by atoms with Gasteiger partial charge in [0.05, 0.1) is 13.2 Å². The number of hydrogen-bond acceptors (Lipinski definition) is 10. The SMILES string of the molecule is CCOC(=O)OCOc1ccccc1N=Nc1ccc(NC(=O)CNC)nc1N. The van der Waals surface area contributed by atoms with Gasteiger partial charge < -0.3 is 30.6 Å². The molecule has 154 valence electrons. The maximum atomic E-state index is 11.6. The molecule has 0 unspecified atom stereocenters. The zero-order chi connectivity index (χ0) is 21.1. The molecule has 11 nitrogen and oxygen atoms in total. The number of nitrogen functional groups attached to an aromatic ring is 1. The molecule has 0 fully saturated rings. The van der Waals surface area contributed by atoms with Gasteiger partial charge >= 0.3 is 6.16 Å². The van der Waals surface area contributed by atoms with Crippen LogP contribution in [-0.2, 0) is 14.3 Å². The highest BCUT2D eigenvalue weighted by atomic mass is 16.8. The van der Waals surface area contributed by atoms with E-state index in [0.29, 0.717) is 22.9 Å². The minimum absolute atomic E-state index is 0.0973. The van der Waals surface area contributed by atoms with Gasteiger partial charge in [0.15, 0.2) is 11.6 Å². The van der Waals surface area contributed by atoms with Gasteiger partial charge in [-0.25, -0.2) is 9.78 Å². The molecule has 0 aliphatic heterocycles. The lowest BCUT2D eigenvalue weighted by atomic mass is 10.3. The first kappa shape index (κ1) is 21.6. The first-order valence-corrected chi connectivity index (χ1v) is 8.67. The highest BCUT2D eigenvalue weighted by Crippen LogP contribution is 2.30. The minimum atomic E-state index is -0.827. The monoisotopic (exact) mass is 402 g/mol. The summed E-state index contributed by atoms with van der Waals surface area (Å²) in [7, 11) is 1.66. The Bertz CT molecular complexity index is 874.